The molecule has 2 aromatic heterocycles. The van der Waals surface area contributed by atoms with E-state index in [1.165, 1.54) is 22.7 Å². The number of aryl methyl sites for hydroxylation is 1. The van der Waals surface area contributed by atoms with Gasteiger partial charge in [0.1, 0.15) is 0 Å². The lowest BCUT2D eigenvalue weighted by Crippen LogP contribution is -2.35. The van der Waals surface area contributed by atoms with Gasteiger partial charge in [0.15, 0.2) is 0 Å². The maximum atomic E-state index is 4.52. The minimum Gasteiger partial charge on any atom is -0.340 e. The van der Waals surface area contributed by atoms with E-state index < -0.39 is 0 Å². The first-order chi connectivity index (χ1) is 8.83. The molecule has 0 saturated carbocycles. The molecule has 1 aliphatic rings. The highest BCUT2D eigenvalue weighted by Crippen LogP contribution is 2.30. The third kappa shape index (κ3) is 2.36. The molecule has 1 aliphatic heterocycles. The van der Waals surface area contributed by atoms with Crippen LogP contribution < -0.4 is 4.90 Å². The Labute approximate surface area is 111 Å². The molecule has 0 radical (unpaired) electrons. The molecule has 4 nitrogen and oxygen atoms in total. The Balaban J connectivity index is 1.76. The Morgan fingerprint density at radius 1 is 1.28 bits per heavy atom. The third-order valence-electron chi connectivity index (χ3n) is 3.24. The van der Waals surface area contributed by atoms with E-state index in [2.05, 4.69) is 26.8 Å². The normalized spacial score (nSPS) is 20.1. The zero-order valence-corrected chi connectivity index (χ0v) is 11.2. The van der Waals surface area contributed by atoms with Gasteiger partial charge in [-0.1, -0.05) is 0 Å². The lowest BCUT2D eigenvalue weighted by atomic mass is 9.99. The Kier molecular flexibility index (Phi) is 3.23. The van der Waals surface area contributed by atoms with E-state index in [4.69, 9.17) is 0 Å². The van der Waals surface area contributed by atoms with E-state index in [1.54, 1.807) is 12.4 Å². The van der Waals surface area contributed by atoms with E-state index >= 15 is 0 Å². The van der Waals surface area contributed by atoms with Crippen LogP contribution in [0.25, 0.3) is 0 Å². The van der Waals surface area contributed by atoms with Gasteiger partial charge in [-0.2, -0.15) is 0 Å². The van der Waals surface area contributed by atoms with Crippen molar-refractivity contribution < 1.29 is 0 Å². The van der Waals surface area contributed by atoms with Crippen LogP contribution in [0.1, 0.15) is 28.6 Å². The van der Waals surface area contributed by atoms with Crippen molar-refractivity contribution >= 4 is 17.3 Å². The molecule has 0 spiro atoms. The van der Waals surface area contributed by atoms with E-state index in [-0.39, 0.29) is 0 Å². The van der Waals surface area contributed by atoms with Crippen LogP contribution in [0.3, 0.4) is 0 Å². The Morgan fingerprint density at radius 2 is 2.11 bits per heavy atom. The average Bonchev–Trinajstić information content (AvgIpc) is 2.87. The van der Waals surface area contributed by atoms with Gasteiger partial charge in [-0.25, -0.2) is 15.0 Å². The van der Waals surface area contributed by atoms with Crippen molar-refractivity contribution in [3.63, 3.8) is 0 Å². The maximum Gasteiger partial charge on any atom is 0.225 e. The average molecular weight is 260 g/mol. The van der Waals surface area contributed by atoms with Gasteiger partial charge in [-0.15, -0.1) is 11.3 Å². The van der Waals surface area contributed by atoms with Crippen LogP contribution in [-0.4, -0.2) is 28.0 Å². The summed E-state index contributed by atoms with van der Waals surface area (Å²) in [6, 6.07) is 1.86. The Hall–Kier alpha value is -1.49. The SMILES string of the molecule is Cc1cnc([C@@H]2CCCN(c3ncccn3)C2)s1. The monoisotopic (exact) mass is 260 g/mol. The first kappa shape index (κ1) is 11.6. The van der Waals surface area contributed by atoms with Crippen molar-refractivity contribution in [1.82, 2.24) is 15.0 Å². The van der Waals surface area contributed by atoms with Gasteiger partial charge in [-0.3, -0.25) is 0 Å². The van der Waals surface area contributed by atoms with Crippen molar-refractivity contribution in [2.45, 2.75) is 25.7 Å². The predicted molar refractivity (Wildman–Crippen MR) is 73.1 cm³/mol. The molecule has 0 aliphatic carbocycles. The van der Waals surface area contributed by atoms with Crippen molar-refractivity contribution in [3.05, 3.63) is 34.5 Å². The molecule has 94 valence electrons. The van der Waals surface area contributed by atoms with Crippen molar-refractivity contribution in [3.8, 4) is 0 Å². The van der Waals surface area contributed by atoms with Crippen LogP contribution in [0, 0.1) is 6.92 Å². The summed E-state index contributed by atoms with van der Waals surface area (Å²) in [5.74, 6) is 1.37. The highest BCUT2D eigenvalue weighted by molar-refractivity contribution is 7.11. The molecular weight excluding hydrogens is 244 g/mol. The molecule has 2 aromatic rings. The number of hydrogen-bond donors (Lipinski definition) is 0. The fourth-order valence-corrected chi connectivity index (χ4v) is 3.28. The van der Waals surface area contributed by atoms with Crippen molar-refractivity contribution in [2.24, 2.45) is 0 Å². The van der Waals surface area contributed by atoms with E-state index in [0.29, 0.717) is 5.92 Å². The summed E-state index contributed by atoms with van der Waals surface area (Å²) < 4.78 is 0. The van der Waals surface area contributed by atoms with Gasteiger partial charge in [0.25, 0.3) is 0 Å². The Morgan fingerprint density at radius 3 is 2.83 bits per heavy atom. The quantitative estimate of drug-likeness (QED) is 0.832. The summed E-state index contributed by atoms with van der Waals surface area (Å²) in [6.07, 6.45) is 7.98. The fraction of sp³-hybridized carbons (Fsp3) is 0.462. The number of rotatable bonds is 2. The standard InChI is InChI=1S/C13H16N4S/c1-10-8-16-12(18-10)11-4-2-7-17(9-11)13-14-5-3-6-15-13/h3,5-6,8,11H,2,4,7,9H2,1H3/t11-/m1/s1. The van der Waals surface area contributed by atoms with Gasteiger partial charge in [-0.05, 0) is 25.8 Å². The molecule has 5 heteroatoms. The van der Waals surface area contributed by atoms with Crippen LogP contribution in [0.4, 0.5) is 5.95 Å². The molecular formula is C13H16N4S. The van der Waals surface area contributed by atoms with E-state index in [1.807, 2.05) is 23.6 Å². The molecule has 3 rings (SSSR count). The van der Waals surface area contributed by atoms with Crippen molar-refractivity contribution in [2.75, 3.05) is 18.0 Å². The second-order valence-corrected chi connectivity index (χ2v) is 5.91. The van der Waals surface area contributed by atoms with Gasteiger partial charge >= 0.3 is 0 Å². The number of anilines is 1. The van der Waals surface area contributed by atoms with Crippen LogP contribution in [0.5, 0.6) is 0 Å². The smallest absolute Gasteiger partial charge is 0.225 e. The summed E-state index contributed by atoms with van der Waals surface area (Å²) in [6.45, 7) is 4.14. The van der Waals surface area contributed by atoms with Crippen LogP contribution >= 0.6 is 11.3 Å². The lowest BCUT2D eigenvalue weighted by Gasteiger charge is -2.31. The number of thiazole rings is 1. The molecule has 18 heavy (non-hydrogen) atoms. The first-order valence-electron chi connectivity index (χ1n) is 6.27. The number of aromatic nitrogens is 3. The van der Waals surface area contributed by atoms with E-state index in [9.17, 15) is 0 Å². The van der Waals surface area contributed by atoms with Gasteiger partial charge in [0, 0.05) is 42.5 Å². The van der Waals surface area contributed by atoms with Crippen molar-refractivity contribution in [1.29, 1.82) is 0 Å². The summed E-state index contributed by atoms with van der Waals surface area (Å²) in [7, 11) is 0. The first-order valence-corrected chi connectivity index (χ1v) is 7.09. The third-order valence-corrected chi connectivity index (χ3v) is 4.32. The van der Waals surface area contributed by atoms with Gasteiger partial charge in [0.2, 0.25) is 5.95 Å². The summed E-state index contributed by atoms with van der Waals surface area (Å²) >= 11 is 1.81. The molecule has 3 heterocycles. The molecule has 1 saturated heterocycles. The second kappa shape index (κ2) is 5.02. The summed E-state index contributed by atoms with van der Waals surface area (Å²) in [4.78, 5) is 16.7. The van der Waals surface area contributed by atoms with Gasteiger partial charge < -0.3 is 4.90 Å². The summed E-state index contributed by atoms with van der Waals surface area (Å²) in [5.41, 5.74) is 0. The zero-order chi connectivity index (χ0) is 12.4. The lowest BCUT2D eigenvalue weighted by molar-refractivity contribution is 0.502. The molecule has 0 aromatic carbocycles. The van der Waals surface area contributed by atoms with Crippen LogP contribution in [0.2, 0.25) is 0 Å². The highest BCUT2D eigenvalue weighted by atomic mass is 32.1. The molecule has 1 atom stereocenters. The fourth-order valence-electron chi connectivity index (χ4n) is 2.38. The minimum atomic E-state index is 0.529. The number of nitrogens with zero attached hydrogens (tertiary/aromatic N) is 4. The highest BCUT2D eigenvalue weighted by Gasteiger charge is 2.24. The topological polar surface area (TPSA) is 41.9 Å². The second-order valence-electron chi connectivity index (χ2n) is 4.64. The molecule has 0 amide bonds. The molecule has 1 fully saturated rings. The predicted octanol–water partition coefficient (Wildman–Crippen LogP) is 2.63. The van der Waals surface area contributed by atoms with E-state index in [0.717, 1.165) is 19.0 Å². The Bertz CT molecular complexity index is 511. The minimum absolute atomic E-state index is 0.529. The molecule has 0 N–H and O–H groups in total. The van der Waals surface area contributed by atoms with Gasteiger partial charge in [0.05, 0.1) is 5.01 Å². The number of hydrogen-bond acceptors (Lipinski definition) is 5. The number of piperidine rings is 1. The summed E-state index contributed by atoms with van der Waals surface area (Å²) in [5, 5.41) is 1.26. The zero-order valence-electron chi connectivity index (χ0n) is 10.4. The largest absolute Gasteiger partial charge is 0.340 e. The van der Waals surface area contributed by atoms with Crippen LogP contribution in [0.15, 0.2) is 24.7 Å². The molecule has 0 bridgehead atoms. The maximum absolute atomic E-state index is 4.52. The van der Waals surface area contributed by atoms with Crippen LogP contribution in [-0.2, 0) is 0 Å². The molecule has 0 unspecified atom stereocenters.